The van der Waals surface area contributed by atoms with E-state index in [0.717, 1.165) is 58.8 Å². The molecule has 0 amide bonds. The van der Waals surface area contributed by atoms with Crippen molar-refractivity contribution in [2.45, 2.75) is 12.8 Å². The lowest BCUT2D eigenvalue weighted by molar-refractivity contribution is 0.209. The van der Waals surface area contributed by atoms with Crippen LogP contribution in [0.15, 0.2) is 30.5 Å². The normalized spacial score (nSPS) is 16.0. The summed E-state index contributed by atoms with van der Waals surface area (Å²) in [5.41, 5.74) is 1.93. The van der Waals surface area contributed by atoms with E-state index in [1.54, 1.807) is 11.3 Å². The van der Waals surface area contributed by atoms with E-state index in [-0.39, 0.29) is 0 Å². The molecule has 3 heterocycles. The van der Waals surface area contributed by atoms with Gasteiger partial charge in [-0.05, 0) is 44.0 Å². The molecular formula is C18H19ClN6S. The fourth-order valence-electron chi connectivity index (χ4n) is 3.21. The van der Waals surface area contributed by atoms with Gasteiger partial charge in [-0.25, -0.2) is 9.50 Å². The van der Waals surface area contributed by atoms with Crippen LogP contribution >= 0.6 is 22.9 Å². The fourth-order valence-corrected chi connectivity index (χ4v) is 4.13. The van der Waals surface area contributed by atoms with Gasteiger partial charge in [-0.3, -0.25) is 4.90 Å². The van der Waals surface area contributed by atoms with Gasteiger partial charge < -0.3 is 5.32 Å². The van der Waals surface area contributed by atoms with Crippen LogP contribution in [0.1, 0.15) is 12.8 Å². The second kappa shape index (κ2) is 7.62. The molecule has 1 aliphatic rings. The van der Waals surface area contributed by atoms with Gasteiger partial charge in [0, 0.05) is 17.1 Å². The number of nitrogens with one attached hydrogen (secondary N) is 1. The molecule has 0 aliphatic carbocycles. The Hall–Kier alpha value is -2.14. The molecule has 3 aromatic rings. The highest BCUT2D eigenvalue weighted by Crippen LogP contribution is 2.26. The van der Waals surface area contributed by atoms with Crippen molar-refractivity contribution in [1.29, 1.82) is 5.26 Å². The zero-order chi connectivity index (χ0) is 17.9. The van der Waals surface area contributed by atoms with E-state index in [2.05, 4.69) is 26.4 Å². The summed E-state index contributed by atoms with van der Waals surface area (Å²) in [6, 6.07) is 9.89. The molecule has 0 saturated carbocycles. The van der Waals surface area contributed by atoms with Crippen molar-refractivity contribution >= 4 is 33.0 Å². The Morgan fingerprint density at radius 2 is 2.04 bits per heavy atom. The minimum absolute atomic E-state index is 0.541. The minimum atomic E-state index is 0.541. The maximum atomic E-state index is 8.76. The number of nitrogens with zero attached hydrogens (tertiary/aromatic N) is 5. The van der Waals surface area contributed by atoms with Crippen molar-refractivity contribution in [3.05, 3.63) is 35.5 Å². The molecule has 0 bridgehead atoms. The summed E-state index contributed by atoms with van der Waals surface area (Å²) in [6.07, 6.45) is 4.19. The highest BCUT2D eigenvalue weighted by molar-refractivity contribution is 7.20. The molecule has 26 heavy (non-hydrogen) atoms. The summed E-state index contributed by atoms with van der Waals surface area (Å²) in [6.45, 7) is 3.47. The fraction of sp³-hybridized carbons (Fsp3) is 0.389. The summed E-state index contributed by atoms with van der Waals surface area (Å²) >= 11 is 7.50. The molecule has 4 rings (SSSR count). The Balaban J connectivity index is 1.36. The first-order valence-corrected chi connectivity index (χ1v) is 9.86. The van der Waals surface area contributed by atoms with Gasteiger partial charge in [0.15, 0.2) is 0 Å². The lowest BCUT2D eigenvalue weighted by atomic mass is 9.97. The van der Waals surface area contributed by atoms with Crippen LogP contribution in [-0.4, -0.2) is 45.7 Å². The number of imidazole rings is 1. The molecular weight excluding hydrogens is 368 g/mol. The van der Waals surface area contributed by atoms with Gasteiger partial charge in [-0.1, -0.05) is 35.1 Å². The number of halogens is 1. The zero-order valence-corrected chi connectivity index (χ0v) is 15.8. The molecule has 0 atom stereocenters. The number of anilines is 1. The molecule has 1 saturated heterocycles. The Morgan fingerprint density at radius 1 is 1.27 bits per heavy atom. The maximum Gasteiger partial charge on any atom is 0.214 e. The number of hydrogen-bond donors (Lipinski definition) is 1. The van der Waals surface area contributed by atoms with Crippen molar-refractivity contribution in [2.75, 3.05) is 31.5 Å². The van der Waals surface area contributed by atoms with Gasteiger partial charge in [0.2, 0.25) is 10.1 Å². The number of fused-ring (bicyclic) bond motifs is 1. The van der Waals surface area contributed by atoms with E-state index in [0.29, 0.717) is 12.5 Å². The van der Waals surface area contributed by atoms with E-state index in [4.69, 9.17) is 16.9 Å². The van der Waals surface area contributed by atoms with Crippen molar-refractivity contribution in [3.63, 3.8) is 0 Å². The first-order valence-electron chi connectivity index (χ1n) is 8.66. The lowest BCUT2D eigenvalue weighted by Gasteiger charge is -2.30. The topological polar surface area (TPSA) is 69.2 Å². The Morgan fingerprint density at radius 3 is 2.73 bits per heavy atom. The third-order valence-corrected chi connectivity index (χ3v) is 5.86. The van der Waals surface area contributed by atoms with Crippen molar-refractivity contribution < 1.29 is 0 Å². The van der Waals surface area contributed by atoms with Crippen LogP contribution < -0.4 is 5.32 Å². The molecule has 0 spiro atoms. The van der Waals surface area contributed by atoms with E-state index in [1.165, 1.54) is 0 Å². The van der Waals surface area contributed by atoms with Gasteiger partial charge in [0.1, 0.15) is 0 Å². The Labute approximate surface area is 161 Å². The zero-order valence-electron chi connectivity index (χ0n) is 14.2. The van der Waals surface area contributed by atoms with E-state index in [9.17, 15) is 0 Å². The molecule has 1 fully saturated rings. The third kappa shape index (κ3) is 3.83. The summed E-state index contributed by atoms with van der Waals surface area (Å²) in [4.78, 5) is 7.75. The second-order valence-corrected chi connectivity index (χ2v) is 7.92. The summed E-state index contributed by atoms with van der Waals surface area (Å²) in [7, 11) is 0. The van der Waals surface area contributed by atoms with Gasteiger partial charge in [-0.15, -0.1) is 5.10 Å². The molecule has 134 valence electrons. The van der Waals surface area contributed by atoms with Crippen LogP contribution in [0.2, 0.25) is 5.02 Å². The number of piperidine rings is 1. The standard InChI is InChI=1S/C18H19ClN6S/c19-15-3-1-14(2-4-15)16-12-25-18(22-16)26-17(23-25)21-11-13-5-8-24(9-6-13)10-7-20/h1-4,12-13H,5-6,8-11H2,(H,21,23). The second-order valence-electron chi connectivity index (χ2n) is 6.53. The summed E-state index contributed by atoms with van der Waals surface area (Å²) in [5.74, 6) is 0.630. The minimum Gasteiger partial charge on any atom is -0.360 e. The van der Waals surface area contributed by atoms with Crippen molar-refractivity contribution in [3.8, 4) is 17.3 Å². The van der Waals surface area contributed by atoms with Crippen LogP contribution in [0.5, 0.6) is 0 Å². The molecule has 1 aliphatic heterocycles. The van der Waals surface area contributed by atoms with Crippen molar-refractivity contribution in [2.24, 2.45) is 5.92 Å². The monoisotopic (exact) mass is 386 g/mol. The van der Waals surface area contributed by atoms with Crippen molar-refractivity contribution in [1.82, 2.24) is 19.5 Å². The Kier molecular flexibility index (Phi) is 5.07. The predicted octanol–water partition coefficient (Wildman–Crippen LogP) is 3.76. The largest absolute Gasteiger partial charge is 0.360 e. The van der Waals surface area contributed by atoms with Gasteiger partial charge in [0.05, 0.1) is 24.5 Å². The number of nitriles is 1. The molecule has 6 nitrogen and oxygen atoms in total. The van der Waals surface area contributed by atoms with Gasteiger partial charge >= 0.3 is 0 Å². The molecule has 0 radical (unpaired) electrons. The van der Waals surface area contributed by atoms with E-state index < -0.39 is 0 Å². The molecule has 8 heteroatoms. The van der Waals surface area contributed by atoms with Crippen LogP contribution in [0.4, 0.5) is 5.13 Å². The summed E-state index contributed by atoms with van der Waals surface area (Å²) < 4.78 is 1.83. The molecule has 0 unspecified atom stereocenters. The predicted molar refractivity (Wildman–Crippen MR) is 105 cm³/mol. The molecule has 2 aromatic heterocycles. The first kappa shape index (κ1) is 17.3. The van der Waals surface area contributed by atoms with Gasteiger partial charge in [0.25, 0.3) is 0 Å². The lowest BCUT2D eigenvalue weighted by Crippen LogP contribution is -2.36. The van der Waals surface area contributed by atoms with E-state index in [1.807, 2.05) is 35.0 Å². The number of benzene rings is 1. The summed E-state index contributed by atoms with van der Waals surface area (Å²) in [5, 5.41) is 18.4. The average molecular weight is 387 g/mol. The maximum absolute atomic E-state index is 8.76. The average Bonchev–Trinajstić information content (AvgIpc) is 3.21. The molecule has 1 aromatic carbocycles. The van der Waals surface area contributed by atoms with Crippen LogP contribution in [-0.2, 0) is 0 Å². The quantitative estimate of drug-likeness (QED) is 0.676. The van der Waals surface area contributed by atoms with E-state index >= 15 is 0 Å². The number of likely N-dealkylation sites (tertiary alicyclic amines) is 1. The number of rotatable bonds is 5. The SMILES string of the molecule is N#CCN1CCC(CNc2nn3cc(-c4ccc(Cl)cc4)nc3s2)CC1. The Bertz CT molecular complexity index is 886. The van der Waals surface area contributed by atoms with Gasteiger partial charge in [-0.2, -0.15) is 5.26 Å². The first-order chi connectivity index (χ1) is 12.7. The number of aromatic nitrogens is 3. The molecule has 1 N–H and O–H groups in total. The van der Waals surface area contributed by atoms with Crippen LogP contribution in [0.25, 0.3) is 16.2 Å². The highest BCUT2D eigenvalue weighted by Gasteiger charge is 2.19. The van der Waals surface area contributed by atoms with Crippen LogP contribution in [0, 0.1) is 17.2 Å². The third-order valence-electron chi connectivity index (χ3n) is 4.73. The number of hydrogen-bond acceptors (Lipinski definition) is 6. The van der Waals surface area contributed by atoms with Crippen LogP contribution in [0.3, 0.4) is 0 Å². The smallest absolute Gasteiger partial charge is 0.214 e. The highest BCUT2D eigenvalue weighted by atomic mass is 35.5.